The molecule has 2 aromatic rings. The van der Waals surface area contributed by atoms with Crippen LogP contribution in [0.5, 0.6) is 5.75 Å². The third-order valence-corrected chi connectivity index (χ3v) is 2.51. The monoisotopic (exact) mass is 238 g/mol. The fraction of sp³-hybridized carbons (Fsp3) is 0.0769. The molecule has 0 aliphatic heterocycles. The Morgan fingerprint density at radius 2 is 1.65 bits per heavy atom. The number of hydrogen-bond donors (Lipinski definition) is 1. The summed E-state index contributed by atoms with van der Waals surface area (Å²) in [5, 5.41) is 9.05. The quantitative estimate of drug-likeness (QED) is 0.801. The number of phenols is 1. The van der Waals surface area contributed by atoms with Crippen LogP contribution in [0.15, 0.2) is 30.3 Å². The van der Waals surface area contributed by atoms with Crippen LogP contribution in [0.4, 0.5) is 13.2 Å². The normalized spacial score (nSPS) is 10.6. The van der Waals surface area contributed by atoms with Crippen LogP contribution >= 0.6 is 0 Å². The molecule has 0 bridgehead atoms. The maximum absolute atomic E-state index is 13.8. The van der Waals surface area contributed by atoms with Crippen LogP contribution in [-0.4, -0.2) is 5.11 Å². The molecule has 17 heavy (non-hydrogen) atoms. The van der Waals surface area contributed by atoms with E-state index < -0.39 is 23.0 Å². The predicted molar refractivity (Wildman–Crippen MR) is 58.2 cm³/mol. The van der Waals surface area contributed by atoms with Crippen molar-refractivity contribution in [3.63, 3.8) is 0 Å². The van der Waals surface area contributed by atoms with E-state index in [-0.39, 0.29) is 16.9 Å². The van der Waals surface area contributed by atoms with Crippen LogP contribution in [0.2, 0.25) is 0 Å². The standard InChI is InChI=1S/C13H9F3O/c1-7-2-5-10(14)12(13(7)16)9-4-3-8(17)6-11(9)15/h2-6,17H,1H3. The molecule has 4 heteroatoms. The van der Waals surface area contributed by atoms with E-state index in [1.54, 1.807) is 0 Å². The van der Waals surface area contributed by atoms with Crippen LogP contribution in [0.1, 0.15) is 5.56 Å². The van der Waals surface area contributed by atoms with Gasteiger partial charge in [0.15, 0.2) is 0 Å². The van der Waals surface area contributed by atoms with Gasteiger partial charge in [-0.15, -0.1) is 0 Å². The number of halogens is 3. The van der Waals surface area contributed by atoms with Crippen molar-refractivity contribution in [3.05, 3.63) is 53.3 Å². The molecular formula is C13H9F3O. The second-order valence-electron chi connectivity index (χ2n) is 3.72. The van der Waals surface area contributed by atoms with Crippen molar-refractivity contribution >= 4 is 0 Å². The maximum Gasteiger partial charge on any atom is 0.136 e. The molecule has 0 aliphatic carbocycles. The van der Waals surface area contributed by atoms with Crippen molar-refractivity contribution in [1.29, 1.82) is 0 Å². The summed E-state index contributed by atoms with van der Waals surface area (Å²) in [6, 6.07) is 5.51. The average molecular weight is 238 g/mol. The SMILES string of the molecule is Cc1ccc(F)c(-c2ccc(O)cc2F)c1F. The smallest absolute Gasteiger partial charge is 0.136 e. The zero-order valence-electron chi connectivity index (χ0n) is 8.97. The number of benzene rings is 2. The summed E-state index contributed by atoms with van der Waals surface area (Å²) in [5.41, 5.74) is -0.391. The molecule has 0 aliphatic rings. The maximum atomic E-state index is 13.8. The van der Waals surface area contributed by atoms with Gasteiger partial charge in [-0.2, -0.15) is 0 Å². The predicted octanol–water partition coefficient (Wildman–Crippen LogP) is 3.78. The Morgan fingerprint density at radius 3 is 2.29 bits per heavy atom. The minimum Gasteiger partial charge on any atom is -0.508 e. The highest BCUT2D eigenvalue weighted by Crippen LogP contribution is 2.31. The van der Waals surface area contributed by atoms with Gasteiger partial charge in [0.1, 0.15) is 23.2 Å². The fourth-order valence-electron chi connectivity index (χ4n) is 1.61. The summed E-state index contributed by atoms with van der Waals surface area (Å²) in [6.45, 7) is 1.47. The van der Waals surface area contributed by atoms with Gasteiger partial charge in [-0.1, -0.05) is 6.07 Å². The number of aromatic hydroxyl groups is 1. The Morgan fingerprint density at radius 1 is 0.941 bits per heavy atom. The topological polar surface area (TPSA) is 20.2 Å². The Bertz CT molecular complexity index is 579. The van der Waals surface area contributed by atoms with E-state index in [0.29, 0.717) is 0 Å². The molecule has 0 unspecified atom stereocenters. The Labute approximate surface area is 96.1 Å². The first-order chi connectivity index (χ1) is 8.00. The van der Waals surface area contributed by atoms with Gasteiger partial charge in [0, 0.05) is 11.6 Å². The second kappa shape index (κ2) is 4.13. The lowest BCUT2D eigenvalue weighted by atomic mass is 10.0. The average Bonchev–Trinajstić information content (AvgIpc) is 2.27. The third kappa shape index (κ3) is 1.98. The van der Waals surface area contributed by atoms with E-state index in [2.05, 4.69) is 0 Å². The number of aryl methyl sites for hydroxylation is 1. The van der Waals surface area contributed by atoms with Crippen molar-refractivity contribution in [2.45, 2.75) is 6.92 Å². The van der Waals surface area contributed by atoms with Crippen LogP contribution in [0, 0.1) is 24.4 Å². The highest BCUT2D eigenvalue weighted by Gasteiger charge is 2.17. The minimum atomic E-state index is -0.867. The molecule has 0 amide bonds. The van der Waals surface area contributed by atoms with Gasteiger partial charge >= 0.3 is 0 Å². The summed E-state index contributed by atoms with van der Waals surface area (Å²) >= 11 is 0. The van der Waals surface area contributed by atoms with E-state index in [0.717, 1.165) is 18.2 Å². The molecule has 0 heterocycles. The highest BCUT2D eigenvalue weighted by molar-refractivity contribution is 5.67. The molecule has 0 aromatic heterocycles. The molecule has 0 radical (unpaired) electrons. The van der Waals surface area contributed by atoms with Crippen LogP contribution in [0.25, 0.3) is 11.1 Å². The molecule has 0 fully saturated rings. The highest BCUT2D eigenvalue weighted by atomic mass is 19.1. The van der Waals surface area contributed by atoms with Gasteiger partial charge in [0.25, 0.3) is 0 Å². The molecule has 0 saturated carbocycles. The molecule has 0 atom stereocenters. The van der Waals surface area contributed by atoms with Crippen LogP contribution in [-0.2, 0) is 0 Å². The van der Waals surface area contributed by atoms with Crippen molar-refractivity contribution in [1.82, 2.24) is 0 Å². The van der Waals surface area contributed by atoms with E-state index in [4.69, 9.17) is 5.11 Å². The molecule has 1 nitrogen and oxygen atoms in total. The summed E-state index contributed by atoms with van der Waals surface area (Å²) < 4.78 is 40.8. The second-order valence-corrected chi connectivity index (χ2v) is 3.72. The lowest BCUT2D eigenvalue weighted by Gasteiger charge is -2.08. The Kier molecular flexibility index (Phi) is 2.79. The molecule has 2 rings (SSSR count). The molecular weight excluding hydrogens is 229 g/mol. The number of phenolic OH excluding ortho intramolecular Hbond substituents is 1. The van der Waals surface area contributed by atoms with Gasteiger partial charge in [-0.25, -0.2) is 13.2 Å². The van der Waals surface area contributed by atoms with E-state index >= 15 is 0 Å². The zero-order chi connectivity index (χ0) is 12.6. The summed E-state index contributed by atoms with van der Waals surface area (Å²) in [6.07, 6.45) is 0. The van der Waals surface area contributed by atoms with Crippen molar-refractivity contribution in [2.75, 3.05) is 0 Å². The Hall–Kier alpha value is -1.97. The number of hydrogen-bond acceptors (Lipinski definition) is 1. The van der Waals surface area contributed by atoms with E-state index in [1.807, 2.05) is 0 Å². The first-order valence-corrected chi connectivity index (χ1v) is 4.94. The molecule has 88 valence electrons. The first kappa shape index (κ1) is 11.5. The van der Waals surface area contributed by atoms with E-state index in [9.17, 15) is 13.2 Å². The molecule has 0 saturated heterocycles. The van der Waals surface area contributed by atoms with Crippen LogP contribution < -0.4 is 0 Å². The first-order valence-electron chi connectivity index (χ1n) is 4.94. The number of rotatable bonds is 1. The van der Waals surface area contributed by atoms with Crippen molar-refractivity contribution in [3.8, 4) is 16.9 Å². The van der Waals surface area contributed by atoms with Crippen molar-refractivity contribution < 1.29 is 18.3 Å². The van der Waals surface area contributed by atoms with E-state index in [1.165, 1.54) is 19.1 Å². The van der Waals surface area contributed by atoms with Gasteiger partial charge in [-0.3, -0.25) is 0 Å². The summed E-state index contributed by atoms with van der Waals surface area (Å²) in [7, 11) is 0. The van der Waals surface area contributed by atoms with Gasteiger partial charge < -0.3 is 5.11 Å². The lowest BCUT2D eigenvalue weighted by molar-refractivity contribution is 0.469. The Balaban J connectivity index is 2.72. The van der Waals surface area contributed by atoms with Crippen molar-refractivity contribution in [2.24, 2.45) is 0 Å². The molecule has 1 N–H and O–H groups in total. The summed E-state index contributed by atoms with van der Waals surface area (Å²) in [4.78, 5) is 0. The molecule has 2 aromatic carbocycles. The molecule has 0 spiro atoms. The minimum absolute atomic E-state index is 0.207. The largest absolute Gasteiger partial charge is 0.508 e. The van der Waals surface area contributed by atoms with Gasteiger partial charge in [0.2, 0.25) is 0 Å². The fourth-order valence-corrected chi connectivity index (χ4v) is 1.61. The third-order valence-electron chi connectivity index (χ3n) is 2.51. The van der Waals surface area contributed by atoms with Gasteiger partial charge in [-0.05, 0) is 30.7 Å². The lowest BCUT2D eigenvalue weighted by Crippen LogP contribution is -1.95. The van der Waals surface area contributed by atoms with Crippen LogP contribution in [0.3, 0.4) is 0 Å². The summed E-state index contributed by atoms with van der Waals surface area (Å²) in [5.74, 6) is -2.79. The zero-order valence-corrected chi connectivity index (χ0v) is 8.97. The van der Waals surface area contributed by atoms with Gasteiger partial charge in [0.05, 0.1) is 5.56 Å².